The molecule has 1 atom stereocenters. The van der Waals surface area contributed by atoms with Crippen molar-refractivity contribution in [2.75, 3.05) is 25.3 Å². The number of rotatable bonds is 9. The number of anilines is 1. The number of ether oxygens (including phenoxy) is 3. The van der Waals surface area contributed by atoms with Gasteiger partial charge in [-0.25, -0.2) is 13.4 Å². The summed E-state index contributed by atoms with van der Waals surface area (Å²) in [5.74, 6) is 0.813. The SMILES string of the molecule is COC[C@H](C)Oc1cc(NC(=O)c2ncn[nH]2)cc(Oc2ccc(S(C)(=O)=O)cc2)c1. The number of hydrogen-bond donors (Lipinski definition) is 2. The quantitative estimate of drug-likeness (QED) is 0.513. The molecular formula is C20H22N4O6S. The molecule has 0 saturated carbocycles. The lowest BCUT2D eigenvalue weighted by Gasteiger charge is -2.16. The van der Waals surface area contributed by atoms with Crippen molar-refractivity contribution < 1.29 is 27.4 Å². The third-order valence-electron chi connectivity index (χ3n) is 3.99. The number of H-pyrrole nitrogens is 1. The highest BCUT2D eigenvalue weighted by molar-refractivity contribution is 7.90. The second kappa shape index (κ2) is 9.58. The first-order valence-corrected chi connectivity index (χ1v) is 11.1. The number of carbonyl (C=O) groups is 1. The van der Waals surface area contributed by atoms with Gasteiger partial charge in [-0.05, 0) is 31.2 Å². The Labute approximate surface area is 179 Å². The van der Waals surface area contributed by atoms with Crippen LogP contribution in [-0.2, 0) is 14.6 Å². The standard InChI is InChI=1S/C20H22N4O6S/c1-13(11-28-2)29-16-8-14(23-20(25)19-21-12-22-24-19)9-17(10-16)30-15-4-6-18(7-5-15)31(3,26)27/h4-10,12-13H,11H2,1-3H3,(H,23,25)(H,21,22,24)/t13-/m0/s1. The normalized spacial score (nSPS) is 12.2. The molecule has 2 N–H and O–H groups in total. The molecule has 1 aromatic heterocycles. The average Bonchev–Trinajstić information content (AvgIpc) is 3.22. The number of amides is 1. The topological polar surface area (TPSA) is 132 Å². The van der Waals surface area contributed by atoms with Crippen molar-refractivity contribution in [1.29, 1.82) is 0 Å². The first kappa shape index (κ1) is 22.2. The van der Waals surface area contributed by atoms with Crippen molar-refractivity contribution in [3.63, 3.8) is 0 Å². The average molecular weight is 446 g/mol. The highest BCUT2D eigenvalue weighted by Crippen LogP contribution is 2.31. The zero-order valence-electron chi connectivity index (χ0n) is 17.2. The van der Waals surface area contributed by atoms with Crippen LogP contribution in [0, 0.1) is 0 Å². The van der Waals surface area contributed by atoms with Gasteiger partial charge in [0.05, 0.1) is 11.5 Å². The van der Waals surface area contributed by atoms with E-state index in [0.717, 1.165) is 6.26 Å². The molecule has 0 aliphatic carbocycles. The van der Waals surface area contributed by atoms with E-state index in [1.807, 2.05) is 6.92 Å². The van der Waals surface area contributed by atoms with Crippen LogP contribution in [-0.4, -0.2) is 55.6 Å². The Kier molecular flexibility index (Phi) is 6.88. The van der Waals surface area contributed by atoms with Gasteiger partial charge < -0.3 is 19.5 Å². The van der Waals surface area contributed by atoms with Gasteiger partial charge in [-0.15, -0.1) is 0 Å². The number of nitrogens with one attached hydrogen (secondary N) is 2. The Morgan fingerprint density at radius 2 is 1.84 bits per heavy atom. The molecule has 0 fully saturated rings. The largest absolute Gasteiger partial charge is 0.488 e. The number of nitrogens with zero attached hydrogens (tertiary/aromatic N) is 2. The number of aromatic amines is 1. The van der Waals surface area contributed by atoms with E-state index in [1.165, 1.54) is 18.5 Å². The van der Waals surface area contributed by atoms with Crippen LogP contribution in [0.15, 0.2) is 53.7 Å². The van der Waals surface area contributed by atoms with Crippen LogP contribution in [0.25, 0.3) is 0 Å². The number of sulfone groups is 1. The zero-order valence-corrected chi connectivity index (χ0v) is 18.0. The zero-order chi connectivity index (χ0) is 22.4. The smallest absolute Gasteiger partial charge is 0.292 e. The minimum atomic E-state index is -3.31. The van der Waals surface area contributed by atoms with Gasteiger partial charge in [-0.2, -0.15) is 5.10 Å². The molecule has 0 saturated heterocycles. The molecule has 1 amide bonds. The molecule has 0 radical (unpaired) electrons. The van der Waals surface area contributed by atoms with Crippen molar-refractivity contribution >= 4 is 21.4 Å². The summed E-state index contributed by atoms with van der Waals surface area (Å²) in [5, 5.41) is 8.85. The summed E-state index contributed by atoms with van der Waals surface area (Å²) in [5.41, 5.74) is 0.409. The molecule has 11 heteroatoms. The lowest BCUT2D eigenvalue weighted by molar-refractivity contribution is 0.0920. The molecule has 164 valence electrons. The fraction of sp³-hybridized carbons (Fsp3) is 0.250. The van der Waals surface area contributed by atoms with E-state index in [1.54, 1.807) is 37.4 Å². The maximum Gasteiger partial charge on any atom is 0.292 e. The van der Waals surface area contributed by atoms with Crippen LogP contribution in [0.1, 0.15) is 17.5 Å². The number of aromatic nitrogens is 3. The molecule has 3 rings (SSSR count). The Balaban J connectivity index is 1.85. The Hall–Kier alpha value is -3.44. The number of benzene rings is 2. The molecule has 0 spiro atoms. The van der Waals surface area contributed by atoms with E-state index in [-0.39, 0.29) is 16.8 Å². The van der Waals surface area contributed by atoms with Gasteiger partial charge >= 0.3 is 0 Å². The summed E-state index contributed by atoms with van der Waals surface area (Å²) in [7, 11) is -1.74. The monoisotopic (exact) mass is 446 g/mol. The van der Waals surface area contributed by atoms with E-state index in [0.29, 0.717) is 29.5 Å². The van der Waals surface area contributed by atoms with Crippen molar-refractivity contribution in [3.8, 4) is 17.2 Å². The van der Waals surface area contributed by atoms with Crippen LogP contribution >= 0.6 is 0 Å². The van der Waals surface area contributed by atoms with E-state index >= 15 is 0 Å². The summed E-state index contributed by atoms with van der Waals surface area (Å²) in [6, 6.07) is 10.9. The summed E-state index contributed by atoms with van der Waals surface area (Å²) in [6.45, 7) is 2.21. The fourth-order valence-electron chi connectivity index (χ4n) is 2.67. The fourth-order valence-corrected chi connectivity index (χ4v) is 3.30. The number of hydrogen-bond acceptors (Lipinski definition) is 8. The summed E-state index contributed by atoms with van der Waals surface area (Å²) < 4.78 is 40.0. The van der Waals surface area contributed by atoms with Gasteiger partial charge in [-0.1, -0.05) is 0 Å². The van der Waals surface area contributed by atoms with Gasteiger partial charge in [0, 0.05) is 37.3 Å². The van der Waals surface area contributed by atoms with E-state index in [9.17, 15) is 13.2 Å². The van der Waals surface area contributed by atoms with E-state index < -0.39 is 15.7 Å². The van der Waals surface area contributed by atoms with Gasteiger partial charge in [0.1, 0.15) is 29.7 Å². The minimum Gasteiger partial charge on any atom is -0.488 e. The van der Waals surface area contributed by atoms with Crippen molar-refractivity contribution in [2.45, 2.75) is 17.9 Å². The molecule has 0 unspecified atom stereocenters. The first-order valence-electron chi connectivity index (χ1n) is 9.20. The molecule has 10 nitrogen and oxygen atoms in total. The van der Waals surface area contributed by atoms with Crippen LogP contribution in [0.4, 0.5) is 5.69 Å². The first-order chi connectivity index (χ1) is 14.7. The summed E-state index contributed by atoms with van der Waals surface area (Å²) in [6.07, 6.45) is 2.12. The third kappa shape index (κ3) is 6.27. The van der Waals surface area contributed by atoms with Gasteiger partial charge in [0.2, 0.25) is 5.82 Å². The number of carbonyl (C=O) groups excluding carboxylic acids is 1. The Morgan fingerprint density at radius 1 is 1.13 bits per heavy atom. The molecule has 2 aromatic carbocycles. The maximum absolute atomic E-state index is 12.3. The molecule has 1 heterocycles. The third-order valence-corrected chi connectivity index (χ3v) is 5.12. The summed E-state index contributed by atoms with van der Waals surface area (Å²) >= 11 is 0. The van der Waals surface area contributed by atoms with Gasteiger partial charge in [0.15, 0.2) is 9.84 Å². The van der Waals surface area contributed by atoms with Crippen LogP contribution in [0.5, 0.6) is 17.2 Å². The predicted octanol–water partition coefficient (Wildman–Crippen LogP) is 2.67. The predicted molar refractivity (Wildman–Crippen MR) is 112 cm³/mol. The van der Waals surface area contributed by atoms with Crippen LogP contribution < -0.4 is 14.8 Å². The van der Waals surface area contributed by atoms with Gasteiger partial charge in [-0.3, -0.25) is 9.89 Å². The lowest BCUT2D eigenvalue weighted by Crippen LogP contribution is -2.18. The van der Waals surface area contributed by atoms with Crippen LogP contribution in [0.2, 0.25) is 0 Å². The van der Waals surface area contributed by atoms with Crippen molar-refractivity contribution in [3.05, 3.63) is 54.6 Å². The van der Waals surface area contributed by atoms with Crippen molar-refractivity contribution in [1.82, 2.24) is 15.2 Å². The molecule has 3 aromatic rings. The molecule has 0 aliphatic rings. The summed E-state index contributed by atoms with van der Waals surface area (Å²) in [4.78, 5) is 16.3. The molecule has 31 heavy (non-hydrogen) atoms. The molecular weight excluding hydrogens is 424 g/mol. The number of methoxy groups -OCH3 is 1. The lowest BCUT2D eigenvalue weighted by atomic mass is 10.2. The Morgan fingerprint density at radius 3 is 2.45 bits per heavy atom. The van der Waals surface area contributed by atoms with Crippen LogP contribution in [0.3, 0.4) is 0 Å². The van der Waals surface area contributed by atoms with Gasteiger partial charge in [0.25, 0.3) is 5.91 Å². The molecule has 0 bridgehead atoms. The second-order valence-electron chi connectivity index (χ2n) is 6.71. The van der Waals surface area contributed by atoms with E-state index in [2.05, 4.69) is 20.5 Å². The second-order valence-corrected chi connectivity index (χ2v) is 8.73. The molecule has 0 aliphatic heterocycles. The minimum absolute atomic E-state index is 0.0536. The Bertz CT molecular complexity index is 1130. The highest BCUT2D eigenvalue weighted by Gasteiger charge is 2.13. The van der Waals surface area contributed by atoms with E-state index in [4.69, 9.17) is 14.2 Å². The van der Waals surface area contributed by atoms with Crippen molar-refractivity contribution in [2.24, 2.45) is 0 Å². The maximum atomic E-state index is 12.3. The highest BCUT2D eigenvalue weighted by atomic mass is 32.2.